The molecule has 0 atom stereocenters. The van der Waals surface area contributed by atoms with Gasteiger partial charge >= 0.3 is 0 Å². The summed E-state index contributed by atoms with van der Waals surface area (Å²) >= 11 is 0. The van der Waals surface area contributed by atoms with E-state index in [1.807, 2.05) is 65.5 Å². The van der Waals surface area contributed by atoms with Crippen LogP contribution >= 0.6 is 0 Å². The normalized spacial score (nSPS) is 12.0. The smallest absolute Gasteiger partial charge is 0.264 e. The molecule has 0 fully saturated rings. The van der Waals surface area contributed by atoms with Crippen molar-refractivity contribution in [3.63, 3.8) is 0 Å². The number of aromatic nitrogens is 2. The minimum Gasteiger partial charge on any atom is -0.265 e. The van der Waals surface area contributed by atoms with Crippen LogP contribution < -0.4 is 0 Å². The predicted octanol–water partition coefficient (Wildman–Crippen LogP) is 4.20. The highest BCUT2D eigenvalue weighted by atomic mass is 32.2. The summed E-state index contributed by atoms with van der Waals surface area (Å²) in [4.78, 5) is 0. The van der Waals surface area contributed by atoms with E-state index in [1.54, 1.807) is 6.20 Å². The third-order valence-electron chi connectivity index (χ3n) is 4.99. The van der Waals surface area contributed by atoms with E-state index < -0.39 is 15.7 Å². The van der Waals surface area contributed by atoms with Gasteiger partial charge in [-0.05, 0) is 16.7 Å². The number of rotatable bonds is 7. The average molecular weight is 419 g/mol. The van der Waals surface area contributed by atoms with Crippen LogP contribution in [0.25, 0.3) is 0 Å². The fourth-order valence-electron chi connectivity index (χ4n) is 3.73. The Morgan fingerprint density at radius 1 is 0.800 bits per heavy atom. The summed E-state index contributed by atoms with van der Waals surface area (Å²) in [5.74, 6) is 0. The molecule has 1 heterocycles. The molecule has 1 aromatic heterocycles. The summed E-state index contributed by atoms with van der Waals surface area (Å²) < 4.78 is 29.7. The van der Waals surface area contributed by atoms with E-state index in [0.717, 1.165) is 22.9 Å². The molecule has 0 spiro atoms. The van der Waals surface area contributed by atoms with Crippen molar-refractivity contribution in [1.29, 1.82) is 0 Å². The van der Waals surface area contributed by atoms with E-state index >= 15 is 0 Å². The maximum absolute atomic E-state index is 11.4. The Kier molecular flexibility index (Phi) is 5.53. The van der Waals surface area contributed by atoms with Gasteiger partial charge in [0.15, 0.2) is 0 Å². The lowest BCUT2D eigenvalue weighted by Gasteiger charge is -2.36. The first kappa shape index (κ1) is 20.1. The lowest BCUT2D eigenvalue weighted by molar-refractivity contribution is 0.311. The second-order valence-corrected chi connectivity index (χ2v) is 8.71. The van der Waals surface area contributed by atoms with Crippen LogP contribution in [0.5, 0.6) is 0 Å². The maximum Gasteiger partial charge on any atom is 0.264 e. The zero-order chi connectivity index (χ0) is 21.0. The van der Waals surface area contributed by atoms with Crippen LogP contribution in [-0.2, 0) is 26.4 Å². The second-order valence-electron chi connectivity index (χ2n) is 7.07. The van der Waals surface area contributed by atoms with Gasteiger partial charge in [0.2, 0.25) is 0 Å². The van der Waals surface area contributed by atoms with Crippen LogP contribution in [0.4, 0.5) is 0 Å². The van der Waals surface area contributed by atoms with Gasteiger partial charge in [0, 0.05) is 11.8 Å². The van der Waals surface area contributed by atoms with Crippen molar-refractivity contribution in [1.82, 2.24) is 9.78 Å². The van der Waals surface area contributed by atoms with Crippen molar-refractivity contribution >= 4 is 10.1 Å². The molecule has 0 aliphatic rings. The minimum absolute atomic E-state index is 0.0622. The third-order valence-corrected chi connectivity index (χ3v) is 5.54. The Morgan fingerprint density at radius 3 is 1.63 bits per heavy atom. The lowest BCUT2D eigenvalue weighted by atomic mass is 9.77. The van der Waals surface area contributed by atoms with E-state index in [1.165, 1.54) is 0 Å². The van der Waals surface area contributed by atoms with Gasteiger partial charge in [0.05, 0.1) is 19.1 Å². The van der Waals surface area contributed by atoms with E-state index in [0.29, 0.717) is 5.56 Å². The van der Waals surface area contributed by atoms with Gasteiger partial charge in [0.1, 0.15) is 5.54 Å². The monoisotopic (exact) mass is 418 g/mol. The molecule has 6 heteroatoms. The molecule has 0 radical (unpaired) electrons. The Balaban J connectivity index is 1.96. The van der Waals surface area contributed by atoms with Gasteiger partial charge in [-0.1, -0.05) is 91.0 Å². The van der Waals surface area contributed by atoms with Crippen molar-refractivity contribution in [2.75, 3.05) is 6.26 Å². The molecule has 0 unspecified atom stereocenters. The summed E-state index contributed by atoms with van der Waals surface area (Å²) in [7, 11) is -3.54. The summed E-state index contributed by atoms with van der Waals surface area (Å²) in [6, 6.07) is 30.5. The Hall–Kier alpha value is -3.22. The zero-order valence-corrected chi connectivity index (χ0v) is 17.4. The van der Waals surface area contributed by atoms with Crippen molar-refractivity contribution in [2.24, 2.45) is 0 Å². The molecule has 0 aliphatic carbocycles. The molecule has 0 saturated carbocycles. The molecule has 0 saturated heterocycles. The summed E-state index contributed by atoms with van der Waals surface area (Å²) in [5.41, 5.74) is 3.07. The van der Waals surface area contributed by atoms with E-state index in [9.17, 15) is 8.42 Å². The Labute approximate surface area is 176 Å². The largest absolute Gasteiger partial charge is 0.265 e. The number of hydrogen-bond donors (Lipinski definition) is 0. The average Bonchev–Trinajstić information content (AvgIpc) is 3.24. The lowest BCUT2D eigenvalue weighted by Crippen LogP contribution is -2.38. The van der Waals surface area contributed by atoms with Crippen molar-refractivity contribution < 1.29 is 12.6 Å². The van der Waals surface area contributed by atoms with Crippen LogP contribution in [0, 0.1) is 0 Å². The molecule has 4 aromatic rings. The van der Waals surface area contributed by atoms with E-state index in [-0.39, 0.29) is 6.61 Å². The zero-order valence-electron chi connectivity index (χ0n) is 16.5. The van der Waals surface area contributed by atoms with Gasteiger partial charge in [-0.25, -0.2) is 0 Å². The molecule has 0 aliphatic heterocycles. The topological polar surface area (TPSA) is 61.2 Å². The molecular weight excluding hydrogens is 396 g/mol. The fraction of sp³-hybridized carbons (Fsp3) is 0.125. The Bertz CT molecular complexity index is 1110. The molecule has 4 rings (SSSR count). The van der Waals surface area contributed by atoms with Crippen molar-refractivity contribution in [2.45, 2.75) is 12.1 Å². The highest BCUT2D eigenvalue weighted by Crippen LogP contribution is 2.40. The van der Waals surface area contributed by atoms with Crippen LogP contribution in [0.3, 0.4) is 0 Å². The van der Waals surface area contributed by atoms with Gasteiger partial charge in [-0.2, -0.15) is 13.5 Å². The first-order valence-electron chi connectivity index (χ1n) is 9.55. The van der Waals surface area contributed by atoms with Crippen LogP contribution in [0.15, 0.2) is 103 Å². The molecule has 0 bridgehead atoms. The first-order chi connectivity index (χ1) is 14.5. The summed E-state index contributed by atoms with van der Waals surface area (Å²) in [6.45, 7) is -0.0622. The summed E-state index contributed by atoms with van der Waals surface area (Å²) in [6.07, 6.45) is 4.53. The first-order valence-corrected chi connectivity index (χ1v) is 11.4. The molecule has 3 aromatic carbocycles. The van der Waals surface area contributed by atoms with Gasteiger partial charge in [0.25, 0.3) is 10.1 Å². The highest BCUT2D eigenvalue weighted by molar-refractivity contribution is 7.85. The van der Waals surface area contributed by atoms with Gasteiger partial charge in [-0.3, -0.25) is 8.86 Å². The molecule has 0 amide bonds. The standard InChI is InChI=1S/C24H22N2O3S/c1-30(27,28)29-19-20-17-25-26(18-20)24(21-11-5-2-6-12-21,22-13-7-3-8-14-22)23-15-9-4-10-16-23/h2-18H,19H2,1H3. The third kappa shape index (κ3) is 3.92. The van der Waals surface area contributed by atoms with Gasteiger partial charge < -0.3 is 0 Å². The molecule has 152 valence electrons. The van der Waals surface area contributed by atoms with E-state index in [4.69, 9.17) is 4.18 Å². The number of hydrogen-bond acceptors (Lipinski definition) is 4. The molecule has 0 N–H and O–H groups in total. The number of nitrogens with zero attached hydrogens (tertiary/aromatic N) is 2. The fourth-order valence-corrected chi connectivity index (χ4v) is 4.08. The maximum atomic E-state index is 11.4. The quantitative estimate of drug-likeness (QED) is 0.333. The van der Waals surface area contributed by atoms with Crippen LogP contribution in [0.1, 0.15) is 22.3 Å². The summed E-state index contributed by atoms with van der Waals surface area (Å²) in [5, 5.41) is 4.66. The minimum atomic E-state index is -3.54. The second kappa shape index (κ2) is 8.26. The van der Waals surface area contributed by atoms with Crippen LogP contribution in [-0.4, -0.2) is 24.5 Å². The SMILES string of the molecule is CS(=O)(=O)OCc1cnn(C(c2ccccc2)(c2ccccc2)c2ccccc2)c1. The Morgan fingerprint density at radius 2 is 1.23 bits per heavy atom. The van der Waals surface area contributed by atoms with Crippen LogP contribution in [0.2, 0.25) is 0 Å². The molecule has 30 heavy (non-hydrogen) atoms. The molecular formula is C24H22N2O3S. The predicted molar refractivity (Wildman–Crippen MR) is 116 cm³/mol. The highest BCUT2D eigenvalue weighted by Gasteiger charge is 2.39. The molecule has 5 nitrogen and oxygen atoms in total. The van der Waals surface area contributed by atoms with Gasteiger partial charge in [-0.15, -0.1) is 0 Å². The van der Waals surface area contributed by atoms with Crippen molar-refractivity contribution in [3.05, 3.63) is 126 Å². The van der Waals surface area contributed by atoms with Crippen molar-refractivity contribution in [3.8, 4) is 0 Å². The number of benzene rings is 3. The van der Waals surface area contributed by atoms with E-state index in [2.05, 4.69) is 41.5 Å².